The number of aryl methyl sites for hydroxylation is 3. The highest BCUT2D eigenvalue weighted by molar-refractivity contribution is 8.00. The van der Waals surface area contributed by atoms with E-state index in [0.29, 0.717) is 18.8 Å². The first-order valence-corrected chi connectivity index (χ1v) is 11.3. The minimum absolute atomic E-state index is 0.0212. The number of rotatable bonds is 9. The number of ether oxygens (including phenoxy) is 2. The molecule has 0 atom stereocenters. The Morgan fingerprint density at radius 1 is 1.23 bits per heavy atom. The maximum atomic E-state index is 12.4. The monoisotopic (exact) mass is 467 g/mol. The van der Waals surface area contributed by atoms with Gasteiger partial charge in [0, 0.05) is 16.8 Å². The van der Waals surface area contributed by atoms with Crippen molar-refractivity contribution < 1.29 is 23.0 Å². The van der Waals surface area contributed by atoms with E-state index in [1.165, 1.54) is 29.8 Å². The first-order valence-electron chi connectivity index (χ1n) is 9.54. The van der Waals surface area contributed by atoms with Gasteiger partial charge in [-0.25, -0.2) is 9.97 Å². The molecule has 3 rings (SSSR count). The van der Waals surface area contributed by atoms with Crippen LogP contribution >= 0.6 is 23.1 Å². The number of hydrogen-bond donors (Lipinski definition) is 1. The normalized spacial score (nSPS) is 11.2. The van der Waals surface area contributed by atoms with Gasteiger partial charge in [0.15, 0.2) is 11.5 Å². The Hall–Kier alpha value is -2.46. The zero-order valence-electron chi connectivity index (χ0n) is 17.6. The molecule has 0 spiro atoms. The van der Waals surface area contributed by atoms with E-state index in [2.05, 4.69) is 26.9 Å². The van der Waals surface area contributed by atoms with Crippen LogP contribution in [-0.4, -0.2) is 41.9 Å². The highest BCUT2D eigenvalue weighted by atomic mass is 32.2. The Bertz CT molecular complexity index is 1090. The maximum Gasteiger partial charge on any atom is 0.387 e. The molecule has 166 valence electrons. The number of nitrogens with zero attached hydrogens (tertiary/aromatic N) is 2. The van der Waals surface area contributed by atoms with Crippen LogP contribution in [0.15, 0.2) is 23.2 Å². The van der Waals surface area contributed by atoms with Crippen LogP contribution < -0.4 is 14.8 Å². The highest BCUT2D eigenvalue weighted by Gasteiger charge is 2.15. The number of thiophene rings is 1. The van der Waals surface area contributed by atoms with Crippen LogP contribution in [0.25, 0.3) is 10.2 Å². The van der Waals surface area contributed by atoms with E-state index in [1.54, 1.807) is 23.5 Å². The molecule has 0 radical (unpaired) electrons. The summed E-state index contributed by atoms with van der Waals surface area (Å²) >= 11 is 3.03. The van der Waals surface area contributed by atoms with Crippen LogP contribution in [0.2, 0.25) is 0 Å². The van der Waals surface area contributed by atoms with Crippen molar-refractivity contribution in [1.82, 2.24) is 15.3 Å². The van der Waals surface area contributed by atoms with E-state index in [-0.39, 0.29) is 23.2 Å². The second kappa shape index (κ2) is 10.2. The number of nitrogens with one attached hydrogen (secondary N) is 1. The molecule has 1 N–H and O–H groups in total. The summed E-state index contributed by atoms with van der Waals surface area (Å²) in [5.41, 5.74) is 1.99. The lowest BCUT2D eigenvalue weighted by Crippen LogP contribution is -2.27. The molecule has 31 heavy (non-hydrogen) atoms. The van der Waals surface area contributed by atoms with E-state index < -0.39 is 6.61 Å². The Morgan fingerprint density at radius 2 is 2.00 bits per heavy atom. The van der Waals surface area contributed by atoms with Crippen molar-refractivity contribution in [2.75, 3.05) is 19.4 Å². The van der Waals surface area contributed by atoms with Crippen LogP contribution in [0, 0.1) is 20.8 Å². The van der Waals surface area contributed by atoms with Gasteiger partial charge in [-0.05, 0) is 50.5 Å². The largest absolute Gasteiger partial charge is 0.493 e. The minimum atomic E-state index is -2.92. The Labute approximate surface area is 187 Å². The molecule has 2 heterocycles. The van der Waals surface area contributed by atoms with Gasteiger partial charge in [-0.3, -0.25) is 4.79 Å². The number of fused-ring (bicyclic) bond motifs is 1. The SMILES string of the molecule is COc1cc(CCNC(=O)CSc2nc(C)nc3sc(C)c(C)c23)ccc1OC(F)F. The number of carbonyl (C=O) groups excluding carboxylic acids is 1. The molecular weight excluding hydrogens is 444 g/mol. The van der Waals surface area contributed by atoms with Crippen LogP contribution in [0.1, 0.15) is 21.8 Å². The number of aromatic nitrogens is 2. The highest BCUT2D eigenvalue weighted by Crippen LogP contribution is 2.35. The van der Waals surface area contributed by atoms with Gasteiger partial charge in [-0.2, -0.15) is 8.78 Å². The van der Waals surface area contributed by atoms with Crippen molar-refractivity contribution in [1.29, 1.82) is 0 Å². The molecule has 10 heteroatoms. The number of methoxy groups -OCH3 is 1. The molecule has 1 aromatic carbocycles. The van der Waals surface area contributed by atoms with E-state index >= 15 is 0 Å². The second-order valence-corrected chi connectivity index (χ2v) is 8.96. The van der Waals surface area contributed by atoms with Gasteiger partial charge in [0.2, 0.25) is 5.91 Å². The first-order chi connectivity index (χ1) is 14.8. The topological polar surface area (TPSA) is 73.3 Å². The van der Waals surface area contributed by atoms with E-state index in [9.17, 15) is 13.6 Å². The lowest BCUT2D eigenvalue weighted by Gasteiger charge is -2.12. The average molecular weight is 468 g/mol. The number of amides is 1. The summed E-state index contributed by atoms with van der Waals surface area (Å²) in [5, 5.41) is 4.71. The number of alkyl halides is 2. The predicted molar refractivity (Wildman–Crippen MR) is 119 cm³/mol. The third-order valence-corrected chi connectivity index (χ3v) is 6.70. The van der Waals surface area contributed by atoms with Gasteiger partial charge < -0.3 is 14.8 Å². The summed E-state index contributed by atoms with van der Waals surface area (Å²) < 4.78 is 34.4. The molecule has 3 aromatic rings. The van der Waals surface area contributed by atoms with Crippen LogP contribution in [0.5, 0.6) is 11.5 Å². The van der Waals surface area contributed by atoms with E-state index in [0.717, 1.165) is 26.4 Å². The summed E-state index contributed by atoms with van der Waals surface area (Å²) in [6.45, 7) is 3.44. The Kier molecular flexibility index (Phi) is 7.66. The molecule has 6 nitrogen and oxygen atoms in total. The molecule has 0 saturated heterocycles. The molecule has 0 aliphatic rings. The molecular formula is C21H23F2N3O3S2. The van der Waals surface area contributed by atoms with Gasteiger partial charge in [0.1, 0.15) is 15.7 Å². The fourth-order valence-electron chi connectivity index (χ4n) is 3.01. The van der Waals surface area contributed by atoms with Crippen molar-refractivity contribution in [2.45, 2.75) is 38.8 Å². The molecule has 0 aliphatic heterocycles. The van der Waals surface area contributed by atoms with Crippen molar-refractivity contribution in [3.63, 3.8) is 0 Å². The zero-order valence-corrected chi connectivity index (χ0v) is 19.3. The smallest absolute Gasteiger partial charge is 0.387 e. The third kappa shape index (κ3) is 5.82. The number of thioether (sulfide) groups is 1. The van der Waals surface area contributed by atoms with Crippen molar-refractivity contribution in [3.05, 3.63) is 40.0 Å². The minimum Gasteiger partial charge on any atom is -0.493 e. The lowest BCUT2D eigenvalue weighted by atomic mass is 10.1. The fourth-order valence-corrected chi connectivity index (χ4v) is 5.11. The fraction of sp³-hybridized carbons (Fsp3) is 0.381. The second-order valence-electron chi connectivity index (χ2n) is 6.79. The van der Waals surface area contributed by atoms with E-state index in [1.807, 2.05) is 13.8 Å². The number of carbonyl (C=O) groups is 1. The molecule has 0 saturated carbocycles. The van der Waals surface area contributed by atoms with E-state index in [4.69, 9.17) is 4.74 Å². The first kappa shape index (κ1) is 23.2. The zero-order chi connectivity index (χ0) is 22.5. The Morgan fingerprint density at radius 3 is 2.71 bits per heavy atom. The summed E-state index contributed by atoms with van der Waals surface area (Å²) in [7, 11) is 1.39. The van der Waals surface area contributed by atoms with Crippen molar-refractivity contribution >= 4 is 39.2 Å². The summed E-state index contributed by atoms with van der Waals surface area (Å²) in [6.07, 6.45) is 0.529. The average Bonchev–Trinajstić information content (AvgIpc) is 3.00. The lowest BCUT2D eigenvalue weighted by molar-refractivity contribution is -0.118. The molecule has 0 fully saturated rings. The number of hydrogen-bond acceptors (Lipinski definition) is 7. The van der Waals surface area contributed by atoms with Crippen molar-refractivity contribution in [3.8, 4) is 11.5 Å². The van der Waals surface area contributed by atoms with Gasteiger partial charge in [-0.15, -0.1) is 11.3 Å². The Balaban J connectivity index is 1.55. The predicted octanol–water partition coefficient (Wildman–Crippen LogP) is 4.68. The van der Waals surface area contributed by atoms with Gasteiger partial charge >= 0.3 is 6.61 Å². The van der Waals surface area contributed by atoms with Gasteiger partial charge in [0.05, 0.1) is 12.9 Å². The maximum absolute atomic E-state index is 12.4. The summed E-state index contributed by atoms with van der Waals surface area (Å²) in [6, 6.07) is 4.73. The summed E-state index contributed by atoms with van der Waals surface area (Å²) in [5.74, 6) is 1.02. The van der Waals surface area contributed by atoms with Gasteiger partial charge in [0.25, 0.3) is 0 Å². The quantitative estimate of drug-likeness (QED) is 0.364. The molecule has 0 bridgehead atoms. The molecule has 0 aliphatic carbocycles. The number of halogens is 2. The van der Waals surface area contributed by atoms with Crippen molar-refractivity contribution in [2.24, 2.45) is 0 Å². The number of benzene rings is 1. The van der Waals surface area contributed by atoms with Crippen LogP contribution in [0.3, 0.4) is 0 Å². The standard InChI is InChI=1S/C21H23F2N3O3S2/c1-11-12(2)31-20-18(11)19(25-13(3)26-20)30-10-17(27)24-8-7-14-5-6-15(29-21(22)23)16(9-14)28-4/h5-6,9,21H,7-8,10H2,1-4H3,(H,24,27). The summed E-state index contributed by atoms with van der Waals surface area (Å²) in [4.78, 5) is 23.5. The van der Waals surface area contributed by atoms with Crippen LogP contribution in [-0.2, 0) is 11.2 Å². The van der Waals surface area contributed by atoms with Gasteiger partial charge in [-0.1, -0.05) is 17.8 Å². The third-order valence-electron chi connectivity index (χ3n) is 4.63. The molecule has 1 amide bonds. The molecule has 2 aromatic heterocycles. The van der Waals surface area contributed by atoms with Crippen LogP contribution in [0.4, 0.5) is 8.78 Å². The molecule has 0 unspecified atom stereocenters.